The first-order valence-electron chi connectivity index (χ1n) is 6.03. The van der Waals surface area contributed by atoms with Crippen LogP contribution in [-0.2, 0) is 11.2 Å². The maximum Gasteiger partial charge on any atom is 0.307 e. The fraction of sp³-hybridized carbons (Fsp3) is 0.133. The van der Waals surface area contributed by atoms with Gasteiger partial charge in [0.1, 0.15) is 5.75 Å². The summed E-state index contributed by atoms with van der Waals surface area (Å²) in [5.41, 5.74) is 2.79. The first-order valence-corrected chi connectivity index (χ1v) is 6.41. The number of phenolic OH excluding ortho intramolecular Hbond substituents is 1. The minimum absolute atomic E-state index is 0.0303. The fourth-order valence-electron chi connectivity index (χ4n) is 1.94. The highest BCUT2D eigenvalue weighted by Crippen LogP contribution is 2.31. The number of hydrogen-bond acceptors (Lipinski definition) is 3. The number of anilines is 2. The Morgan fingerprint density at radius 3 is 2.70 bits per heavy atom. The predicted octanol–water partition coefficient (Wildman–Crippen LogP) is 3.72. The molecular weight excluding hydrogens is 278 g/mol. The van der Waals surface area contributed by atoms with Crippen LogP contribution in [0.1, 0.15) is 11.1 Å². The van der Waals surface area contributed by atoms with Crippen LogP contribution in [0.4, 0.5) is 11.4 Å². The second-order valence-corrected chi connectivity index (χ2v) is 4.88. The summed E-state index contributed by atoms with van der Waals surface area (Å²) in [5.74, 6) is -0.933. The Hall–Kier alpha value is -2.20. The molecule has 4 nitrogen and oxygen atoms in total. The van der Waals surface area contributed by atoms with Gasteiger partial charge in [-0.3, -0.25) is 4.79 Å². The second kappa shape index (κ2) is 5.84. The first kappa shape index (κ1) is 14.2. The van der Waals surface area contributed by atoms with Crippen LogP contribution in [-0.4, -0.2) is 16.2 Å². The lowest BCUT2D eigenvalue weighted by molar-refractivity contribution is -0.136. The minimum atomic E-state index is -0.963. The zero-order chi connectivity index (χ0) is 14.7. The molecule has 0 atom stereocenters. The van der Waals surface area contributed by atoms with Gasteiger partial charge in [-0.25, -0.2) is 0 Å². The number of carboxylic acids is 1. The molecule has 0 aromatic heterocycles. The maximum absolute atomic E-state index is 10.9. The molecule has 5 heteroatoms. The van der Waals surface area contributed by atoms with Gasteiger partial charge in [0.05, 0.1) is 17.1 Å². The summed E-state index contributed by atoms with van der Waals surface area (Å²) < 4.78 is 0. The van der Waals surface area contributed by atoms with Crippen LogP contribution in [0.3, 0.4) is 0 Å². The summed E-state index contributed by atoms with van der Waals surface area (Å²) in [7, 11) is 0. The van der Waals surface area contributed by atoms with Gasteiger partial charge in [0.2, 0.25) is 0 Å². The van der Waals surface area contributed by atoms with E-state index in [1.54, 1.807) is 12.1 Å². The van der Waals surface area contributed by atoms with Gasteiger partial charge < -0.3 is 15.5 Å². The number of benzene rings is 2. The Morgan fingerprint density at radius 1 is 1.30 bits per heavy atom. The molecule has 2 rings (SSSR count). The zero-order valence-electron chi connectivity index (χ0n) is 10.9. The molecular formula is C15H14ClNO3. The number of aryl methyl sites for hydroxylation is 1. The Kier molecular flexibility index (Phi) is 4.15. The molecule has 0 amide bonds. The van der Waals surface area contributed by atoms with Crippen molar-refractivity contribution >= 4 is 28.9 Å². The summed E-state index contributed by atoms with van der Waals surface area (Å²) in [6.45, 7) is 1.91. The lowest BCUT2D eigenvalue weighted by atomic mass is 10.1. The van der Waals surface area contributed by atoms with Crippen LogP contribution in [0.15, 0.2) is 36.4 Å². The van der Waals surface area contributed by atoms with Gasteiger partial charge >= 0.3 is 5.97 Å². The number of rotatable bonds is 4. The number of aliphatic carboxylic acids is 1. The Morgan fingerprint density at radius 2 is 2.05 bits per heavy atom. The number of carbonyl (C=O) groups is 1. The molecule has 2 aromatic rings. The van der Waals surface area contributed by atoms with Crippen molar-refractivity contribution in [1.29, 1.82) is 0 Å². The van der Waals surface area contributed by atoms with E-state index in [9.17, 15) is 9.90 Å². The van der Waals surface area contributed by atoms with Crippen LogP contribution in [0.25, 0.3) is 0 Å². The quantitative estimate of drug-likeness (QED) is 0.751. The first-order chi connectivity index (χ1) is 9.47. The van der Waals surface area contributed by atoms with Gasteiger partial charge in [0, 0.05) is 5.69 Å². The molecule has 0 aliphatic carbocycles. The Labute approximate surface area is 121 Å². The van der Waals surface area contributed by atoms with E-state index in [1.165, 1.54) is 12.1 Å². The van der Waals surface area contributed by atoms with Gasteiger partial charge in [-0.15, -0.1) is 0 Å². The predicted molar refractivity (Wildman–Crippen MR) is 78.9 cm³/mol. The van der Waals surface area contributed by atoms with Crippen molar-refractivity contribution < 1.29 is 15.0 Å². The number of para-hydroxylation sites is 1. The van der Waals surface area contributed by atoms with Crippen molar-refractivity contribution in [1.82, 2.24) is 0 Å². The molecule has 0 aliphatic rings. The molecule has 0 fully saturated rings. The Bertz CT molecular complexity index is 635. The minimum Gasteiger partial charge on any atom is -0.508 e. The van der Waals surface area contributed by atoms with Gasteiger partial charge in [0.25, 0.3) is 0 Å². The summed E-state index contributed by atoms with van der Waals surface area (Å²) in [6, 6.07) is 10.1. The molecule has 0 heterocycles. The average Bonchev–Trinajstić information content (AvgIpc) is 2.35. The smallest absolute Gasteiger partial charge is 0.307 e. The van der Waals surface area contributed by atoms with Crippen molar-refractivity contribution in [3.63, 3.8) is 0 Å². The molecule has 0 bridgehead atoms. The van der Waals surface area contributed by atoms with E-state index < -0.39 is 5.97 Å². The van der Waals surface area contributed by atoms with Crippen LogP contribution in [0.5, 0.6) is 5.75 Å². The van der Waals surface area contributed by atoms with E-state index in [-0.39, 0.29) is 12.2 Å². The van der Waals surface area contributed by atoms with Crippen molar-refractivity contribution in [2.45, 2.75) is 13.3 Å². The van der Waals surface area contributed by atoms with Crippen LogP contribution >= 0.6 is 11.6 Å². The van der Waals surface area contributed by atoms with E-state index in [4.69, 9.17) is 16.7 Å². The molecule has 0 radical (unpaired) electrons. The normalized spacial score (nSPS) is 10.3. The topological polar surface area (TPSA) is 69.6 Å². The summed E-state index contributed by atoms with van der Waals surface area (Å²) in [6.07, 6.45) is -0.180. The molecule has 0 saturated heterocycles. The highest BCUT2D eigenvalue weighted by molar-refractivity contribution is 6.33. The molecule has 0 saturated carbocycles. The van der Waals surface area contributed by atoms with E-state index in [0.717, 1.165) is 11.3 Å². The Balaban J connectivity index is 2.40. The zero-order valence-corrected chi connectivity index (χ0v) is 11.6. The van der Waals surface area contributed by atoms with Gasteiger partial charge in [-0.05, 0) is 42.3 Å². The monoisotopic (exact) mass is 291 g/mol. The van der Waals surface area contributed by atoms with Crippen molar-refractivity contribution in [3.8, 4) is 5.75 Å². The molecule has 0 unspecified atom stereocenters. The number of carboxylic acid groups (broad SMARTS) is 1. The van der Waals surface area contributed by atoms with E-state index >= 15 is 0 Å². The standard InChI is InChI=1S/C15H14ClNO3/c1-9-3-2-4-12(16)15(9)17-13-6-5-11(18)7-10(13)8-14(19)20/h2-7,17-18H,8H2,1H3,(H,19,20). The molecule has 104 valence electrons. The number of phenols is 1. The van der Waals surface area contributed by atoms with Crippen LogP contribution < -0.4 is 5.32 Å². The number of nitrogens with one attached hydrogen (secondary N) is 1. The van der Waals surface area contributed by atoms with E-state index in [1.807, 2.05) is 19.1 Å². The van der Waals surface area contributed by atoms with Gasteiger partial charge in [0.15, 0.2) is 0 Å². The van der Waals surface area contributed by atoms with Crippen LogP contribution in [0, 0.1) is 6.92 Å². The molecule has 2 aromatic carbocycles. The molecule has 0 spiro atoms. The lowest BCUT2D eigenvalue weighted by Crippen LogP contribution is -2.04. The summed E-state index contributed by atoms with van der Waals surface area (Å²) >= 11 is 6.14. The summed E-state index contributed by atoms with van der Waals surface area (Å²) in [4.78, 5) is 10.9. The largest absolute Gasteiger partial charge is 0.508 e. The lowest BCUT2D eigenvalue weighted by Gasteiger charge is -2.14. The van der Waals surface area contributed by atoms with Gasteiger partial charge in [-0.1, -0.05) is 23.7 Å². The molecule has 0 aliphatic heterocycles. The number of aromatic hydroxyl groups is 1. The van der Waals surface area contributed by atoms with Crippen molar-refractivity contribution in [2.75, 3.05) is 5.32 Å². The number of halogens is 1. The average molecular weight is 292 g/mol. The van der Waals surface area contributed by atoms with Crippen LogP contribution in [0.2, 0.25) is 5.02 Å². The third-order valence-electron chi connectivity index (χ3n) is 2.91. The fourth-order valence-corrected chi connectivity index (χ4v) is 2.21. The third kappa shape index (κ3) is 3.22. The summed E-state index contributed by atoms with van der Waals surface area (Å²) in [5, 5.41) is 22.1. The molecule has 20 heavy (non-hydrogen) atoms. The molecule has 3 N–H and O–H groups in total. The van der Waals surface area contributed by atoms with Gasteiger partial charge in [-0.2, -0.15) is 0 Å². The van der Waals surface area contributed by atoms with E-state index in [2.05, 4.69) is 5.32 Å². The maximum atomic E-state index is 10.9. The second-order valence-electron chi connectivity index (χ2n) is 4.47. The van der Waals surface area contributed by atoms with Crippen molar-refractivity contribution in [2.24, 2.45) is 0 Å². The number of hydrogen-bond donors (Lipinski definition) is 3. The SMILES string of the molecule is Cc1cccc(Cl)c1Nc1ccc(O)cc1CC(=O)O. The van der Waals surface area contributed by atoms with Crippen molar-refractivity contribution in [3.05, 3.63) is 52.5 Å². The highest BCUT2D eigenvalue weighted by Gasteiger charge is 2.11. The third-order valence-corrected chi connectivity index (χ3v) is 3.23. The highest BCUT2D eigenvalue weighted by atomic mass is 35.5. The van der Waals surface area contributed by atoms with E-state index in [0.29, 0.717) is 16.3 Å².